The molecular formula is C30H32ClN3O4. The Labute approximate surface area is 227 Å². The van der Waals surface area contributed by atoms with E-state index in [1.165, 1.54) is 11.8 Å². The van der Waals surface area contributed by atoms with Crippen molar-refractivity contribution in [1.82, 2.24) is 14.0 Å². The average molecular weight is 534 g/mol. The predicted molar refractivity (Wildman–Crippen MR) is 149 cm³/mol. The van der Waals surface area contributed by atoms with Crippen LogP contribution in [0.15, 0.2) is 65.6 Å². The molecule has 1 aliphatic rings. The molecule has 1 amide bonds. The van der Waals surface area contributed by atoms with Crippen molar-refractivity contribution in [2.75, 3.05) is 6.54 Å². The molecule has 0 atom stereocenters. The lowest BCUT2D eigenvalue weighted by Gasteiger charge is -2.26. The molecule has 0 bridgehead atoms. The van der Waals surface area contributed by atoms with Gasteiger partial charge in [0.1, 0.15) is 18.0 Å². The fourth-order valence-electron chi connectivity index (χ4n) is 4.90. The van der Waals surface area contributed by atoms with Crippen molar-refractivity contribution < 1.29 is 14.3 Å². The largest absolute Gasteiger partial charge is 0.489 e. The van der Waals surface area contributed by atoms with Crippen LogP contribution in [0.3, 0.4) is 0 Å². The third kappa shape index (κ3) is 5.43. The smallest absolute Gasteiger partial charge is 0.410 e. The summed E-state index contributed by atoms with van der Waals surface area (Å²) in [6.45, 7) is 7.16. The Morgan fingerprint density at radius 2 is 1.82 bits per heavy atom. The van der Waals surface area contributed by atoms with Crippen LogP contribution in [0.2, 0.25) is 5.02 Å². The van der Waals surface area contributed by atoms with Crippen LogP contribution in [0.25, 0.3) is 16.6 Å². The van der Waals surface area contributed by atoms with Gasteiger partial charge in [-0.1, -0.05) is 29.8 Å². The molecule has 38 heavy (non-hydrogen) atoms. The number of aryl methyl sites for hydroxylation is 1. The summed E-state index contributed by atoms with van der Waals surface area (Å²) in [5.74, 6) is 0.509. The molecule has 1 aliphatic heterocycles. The highest BCUT2D eigenvalue weighted by Gasteiger charge is 2.27. The van der Waals surface area contributed by atoms with Crippen molar-refractivity contribution in [3.8, 4) is 11.4 Å². The first-order chi connectivity index (χ1) is 18.1. The second kappa shape index (κ2) is 10.2. The Kier molecular flexibility index (Phi) is 6.97. The highest BCUT2D eigenvalue weighted by Crippen LogP contribution is 2.32. The topological polar surface area (TPSA) is 65.7 Å². The van der Waals surface area contributed by atoms with Gasteiger partial charge in [0.15, 0.2) is 0 Å². The summed E-state index contributed by atoms with van der Waals surface area (Å²) in [5.41, 5.74) is 4.39. The fraction of sp³-hybridized carbons (Fsp3) is 0.333. The highest BCUT2D eigenvalue weighted by atomic mass is 35.5. The van der Waals surface area contributed by atoms with E-state index in [4.69, 9.17) is 21.1 Å². The zero-order valence-electron chi connectivity index (χ0n) is 22.2. The lowest BCUT2D eigenvalue weighted by atomic mass is 10.1. The normalized spacial score (nSPS) is 13.8. The number of pyridine rings is 1. The standard InChI is InChI=1S/C30H32ClN3O4/c1-30(2,3)38-29(36)33-14-5-6-26-25(18-33)24-12-11-22(16-27(24)32(26)4)34-15-13-23(17-28(34)35)37-19-20-7-9-21(31)10-8-20/h7-13,15-17H,5-6,14,18-19H2,1-4H3. The number of hydrogen-bond donors (Lipinski definition) is 0. The summed E-state index contributed by atoms with van der Waals surface area (Å²) in [6, 6.07) is 16.7. The first-order valence-electron chi connectivity index (χ1n) is 12.8. The van der Waals surface area contributed by atoms with Gasteiger partial charge in [-0.3, -0.25) is 9.36 Å². The van der Waals surface area contributed by atoms with Crippen LogP contribution in [0, 0.1) is 0 Å². The number of aromatic nitrogens is 2. The summed E-state index contributed by atoms with van der Waals surface area (Å²) in [4.78, 5) is 27.6. The zero-order valence-corrected chi connectivity index (χ0v) is 22.9. The number of hydrogen-bond acceptors (Lipinski definition) is 4. The molecule has 8 heteroatoms. The number of rotatable bonds is 4. The minimum atomic E-state index is -0.538. The molecule has 0 saturated heterocycles. The number of carbonyl (C=O) groups is 1. The molecule has 3 heterocycles. The summed E-state index contributed by atoms with van der Waals surface area (Å²) < 4.78 is 15.2. The van der Waals surface area contributed by atoms with Gasteiger partial charge in [0.2, 0.25) is 0 Å². The third-order valence-electron chi connectivity index (χ3n) is 6.75. The molecule has 0 fully saturated rings. The first-order valence-corrected chi connectivity index (χ1v) is 13.2. The molecule has 4 aromatic rings. The maximum atomic E-state index is 13.0. The van der Waals surface area contributed by atoms with Gasteiger partial charge >= 0.3 is 6.09 Å². The molecule has 0 unspecified atom stereocenters. The SMILES string of the molecule is Cn1c2c(c3ccc(-n4ccc(OCc5ccc(Cl)cc5)cc4=O)cc31)CN(C(=O)OC(C)(C)C)CCC2. The van der Waals surface area contributed by atoms with Crippen molar-refractivity contribution in [2.45, 2.75) is 52.4 Å². The van der Waals surface area contributed by atoms with Crippen molar-refractivity contribution >= 4 is 28.6 Å². The Bertz CT molecular complexity index is 1550. The molecule has 2 aromatic heterocycles. The van der Waals surface area contributed by atoms with Gasteiger partial charge in [-0.15, -0.1) is 0 Å². The van der Waals surface area contributed by atoms with Crippen LogP contribution in [0.4, 0.5) is 4.79 Å². The van der Waals surface area contributed by atoms with E-state index in [1.807, 2.05) is 70.3 Å². The molecule has 2 aromatic carbocycles. The van der Waals surface area contributed by atoms with E-state index in [1.54, 1.807) is 21.7 Å². The number of amides is 1. The van der Waals surface area contributed by atoms with Gasteiger partial charge in [0, 0.05) is 47.5 Å². The second-order valence-corrected chi connectivity index (χ2v) is 11.1. The molecule has 5 rings (SSSR count). The van der Waals surface area contributed by atoms with Gasteiger partial charge in [0.05, 0.1) is 17.7 Å². The Hall–Kier alpha value is -3.71. The van der Waals surface area contributed by atoms with Crippen LogP contribution in [0.1, 0.15) is 44.0 Å². The molecule has 0 radical (unpaired) electrons. The lowest BCUT2D eigenvalue weighted by Crippen LogP contribution is -2.36. The molecule has 0 spiro atoms. The number of benzene rings is 2. The third-order valence-corrected chi connectivity index (χ3v) is 7.00. The minimum absolute atomic E-state index is 0.176. The number of ether oxygens (including phenoxy) is 2. The van der Waals surface area contributed by atoms with Crippen LogP contribution >= 0.6 is 11.6 Å². The number of halogens is 1. The van der Waals surface area contributed by atoms with Gasteiger partial charge < -0.3 is 18.9 Å². The summed E-state index contributed by atoms with van der Waals surface area (Å²) >= 11 is 5.94. The van der Waals surface area contributed by atoms with E-state index in [0.717, 1.165) is 40.6 Å². The molecular weight excluding hydrogens is 502 g/mol. The van der Waals surface area contributed by atoms with Crippen molar-refractivity contribution in [1.29, 1.82) is 0 Å². The zero-order chi connectivity index (χ0) is 27.0. The molecule has 7 nitrogen and oxygen atoms in total. The maximum Gasteiger partial charge on any atom is 0.410 e. The number of nitrogens with zero attached hydrogens (tertiary/aromatic N) is 3. The summed E-state index contributed by atoms with van der Waals surface area (Å²) in [5, 5.41) is 1.75. The Morgan fingerprint density at radius 1 is 1.05 bits per heavy atom. The quantitative estimate of drug-likeness (QED) is 0.311. The Morgan fingerprint density at radius 3 is 2.53 bits per heavy atom. The average Bonchev–Trinajstić information content (AvgIpc) is 3.00. The van der Waals surface area contributed by atoms with Gasteiger partial charge in [-0.2, -0.15) is 0 Å². The lowest BCUT2D eigenvalue weighted by molar-refractivity contribution is 0.0237. The van der Waals surface area contributed by atoms with Crippen LogP contribution in [-0.4, -0.2) is 32.3 Å². The van der Waals surface area contributed by atoms with Crippen molar-refractivity contribution in [3.05, 3.63) is 93.0 Å². The highest BCUT2D eigenvalue weighted by molar-refractivity contribution is 6.30. The second-order valence-electron chi connectivity index (χ2n) is 10.7. The van der Waals surface area contributed by atoms with E-state index in [9.17, 15) is 9.59 Å². The van der Waals surface area contributed by atoms with E-state index in [-0.39, 0.29) is 11.7 Å². The molecule has 0 saturated carbocycles. The van der Waals surface area contributed by atoms with E-state index in [2.05, 4.69) is 4.57 Å². The molecule has 0 aliphatic carbocycles. The Balaban J connectivity index is 1.40. The van der Waals surface area contributed by atoms with Gasteiger partial charge in [-0.25, -0.2) is 4.79 Å². The van der Waals surface area contributed by atoms with Crippen LogP contribution < -0.4 is 10.3 Å². The van der Waals surface area contributed by atoms with Gasteiger partial charge in [-0.05, 0) is 69.5 Å². The number of fused-ring (bicyclic) bond motifs is 3. The summed E-state index contributed by atoms with van der Waals surface area (Å²) in [7, 11) is 2.05. The first kappa shape index (κ1) is 25.9. The van der Waals surface area contributed by atoms with E-state index < -0.39 is 5.60 Å². The number of carbonyl (C=O) groups excluding carboxylic acids is 1. The predicted octanol–water partition coefficient (Wildman–Crippen LogP) is 6.24. The van der Waals surface area contributed by atoms with E-state index >= 15 is 0 Å². The van der Waals surface area contributed by atoms with Crippen molar-refractivity contribution in [3.63, 3.8) is 0 Å². The van der Waals surface area contributed by atoms with Crippen LogP contribution in [-0.2, 0) is 31.4 Å². The van der Waals surface area contributed by atoms with E-state index in [0.29, 0.717) is 30.5 Å². The van der Waals surface area contributed by atoms with Gasteiger partial charge in [0.25, 0.3) is 5.56 Å². The molecule has 198 valence electrons. The maximum absolute atomic E-state index is 13.0. The molecule has 0 N–H and O–H groups in total. The fourth-order valence-corrected chi connectivity index (χ4v) is 5.03. The monoisotopic (exact) mass is 533 g/mol. The minimum Gasteiger partial charge on any atom is -0.489 e. The summed E-state index contributed by atoms with van der Waals surface area (Å²) in [6.07, 6.45) is 3.18. The van der Waals surface area contributed by atoms with Crippen LogP contribution in [0.5, 0.6) is 5.75 Å². The van der Waals surface area contributed by atoms with Crippen molar-refractivity contribution in [2.24, 2.45) is 7.05 Å².